The van der Waals surface area contributed by atoms with Gasteiger partial charge in [0, 0.05) is 31.1 Å². The number of rotatable bonds is 8. The fraction of sp³-hybridized carbons (Fsp3) is 0.400. The lowest BCUT2D eigenvalue weighted by atomic mass is 9.85. The van der Waals surface area contributed by atoms with Crippen LogP contribution in [-0.4, -0.2) is 49.5 Å². The van der Waals surface area contributed by atoms with E-state index >= 15 is 0 Å². The number of hydrogen-bond donors (Lipinski definition) is 3. The number of nitrogens with two attached hydrogens (primary N) is 1. The smallest absolute Gasteiger partial charge is 0.225 e. The number of carbonyl (C=O) groups is 1. The Morgan fingerprint density at radius 3 is 2.50 bits per heavy atom. The monoisotopic (exact) mass is 610 g/mol. The molecule has 9 nitrogen and oxygen atoms in total. The Labute approximate surface area is 253 Å². The Kier molecular flexibility index (Phi) is 8.46. The number of nitrogens with one attached hydrogen (secondary N) is 2. The number of primary amides is 1. The number of nitrogens with zero attached hydrogens (tertiary/aromatic N) is 5. The zero-order chi connectivity index (χ0) is 29.2. The summed E-state index contributed by atoms with van der Waals surface area (Å²) in [7, 11) is 0. The Hall–Kier alpha value is -3.47. The molecule has 4 aromatic rings. The molecule has 12 heteroatoms. The fourth-order valence-corrected chi connectivity index (χ4v) is 6.68. The van der Waals surface area contributed by atoms with Gasteiger partial charge in [-0.15, -0.1) is 0 Å². The summed E-state index contributed by atoms with van der Waals surface area (Å²) >= 11 is 12.7. The van der Waals surface area contributed by atoms with E-state index in [1.54, 1.807) is 6.20 Å². The van der Waals surface area contributed by atoms with Crippen molar-refractivity contribution in [3.63, 3.8) is 0 Å². The molecule has 220 valence electrons. The first-order valence-corrected chi connectivity index (χ1v) is 15.1. The van der Waals surface area contributed by atoms with Crippen molar-refractivity contribution in [2.45, 2.75) is 57.2 Å². The molecule has 1 saturated heterocycles. The number of carbonyl (C=O) groups excluding carboxylic acids is 1. The van der Waals surface area contributed by atoms with E-state index in [4.69, 9.17) is 38.9 Å². The number of anilines is 3. The maximum absolute atomic E-state index is 13.9. The van der Waals surface area contributed by atoms with Gasteiger partial charge in [-0.25, -0.2) is 14.4 Å². The molecule has 1 amide bonds. The normalized spacial score (nSPS) is 21.4. The summed E-state index contributed by atoms with van der Waals surface area (Å²) in [5, 5.41) is 7.06. The average Bonchev–Trinajstić information content (AvgIpc) is 3.33. The van der Waals surface area contributed by atoms with E-state index in [1.165, 1.54) is 17.7 Å². The SMILES string of the molecule is NC(=O)C1CCC(n2c(Nc3c(Cl)cc(F)cc3Cl)nc3cnc(N[C@@H]4CCCN(Cc5ccccc5)C4)nc32)CC1. The lowest BCUT2D eigenvalue weighted by molar-refractivity contribution is -0.122. The van der Waals surface area contributed by atoms with E-state index in [2.05, 4.69) is 44.8 Å². The van der Waals surface area contributed by atoms with E-state index in [-0.39, 0.29) is 34.0 Å². The molecule has 6 rings (SSSR count). The number of aromatic nitrogens is 4. The van der Waals surface area contributed by atoms with Crippen molar-refractivity contribution in [3.05, 3.63) is 70.1 Å². The van der Waals surface area contributed by atoms with Crippen molar-refractivity contribution >= 4 is 57.9 Å². The van der Waals surface area contributed by atoms with Crippen LogP contribution in [0.15, 0.2) is 48.7 Å². The van der Waals surface area contributed by atoms with Gasteiger partial charge in [0.25, 0.3) is 0 Å². The van der Waals surface area contributed by atoms with Crippen molar-refractivity contribution in [2.75, 3.05) is 23.7 Å². The molecular formula is C30H33Cl2FN8O. The van der Waals surface area contributed by atoms with Gasteiger partial charge in [-0.1, -0.05) is 53.5 Å². The summed E-state index contributed by atoms with van der Waals surface area (Å²) in [6.07, 6.45) is 6.61. The predicted molar refractivity (Wildman–Crippen MR) is 164 cm³/mol. The van der Waals surface area contributed by atoms with Gasteiger partial charge in [0.1, 0.15) is 11.3 Å². The van der Waals surface area contributed by atoms with E-state index in [0.717, 1.165) is 45.3 Å². The van der Waals surface area contributed by atoms with Crippen molar-refractivity contribution in [2.24, 2.45) is 11.7 Å². The summed E-state index contributed by atoms with van der Waals surface area (Å²) in [5.41, 5.74) is 8.51. The summed E-state index contributed by atoms with van der Waals surface area (Å²) < 4.78 is 15.9. The molecule has 2 aromatic carbocycles. The van der Waals surface area contributed by atoms with Gasteiger partial charge in [-0.05, 0) is 62.8 Å². The molecule has 0 bridgehead atoms. The van der Waals surface area contributed by atoms with Gasteiger partial charge < -0.3 is 16.4 Å². The predicted octanol–water partition coefficient (Wildman–Crippen LogP) is 6.31. The summed E-state index contributed by atoms with van der Waals surface area (Å²) in [4.78, 5) is 28.6. The lowest BCUT2D eigenvalue weighted by Gasteiger charge is -2.33. The van der Waals surface area contributed by atoms with Crippen LogP contribution in [0.3, 0.4) is 0 Å². The van der Waals surface area contributed by atoms with E-state index < -0.39 is 5.82 Å². The number of halogens is 3. The quantitative estimate of drug-likeness (QED) is 0.214. The number of piperidine rings is 1. The molecule has 1 atom stereocenters. The Balaban J connectivity index is 1.28. The minimum Gasteiger partial charge on any atom is -0.369 e. The van der Waals surface area contributed by atoms with Crippen LogP contribution in [0.4, 0.5) is 22.0 Å². The zero-order valence-electron chi connectivity index (χ0n) is 23.1. The molecule has 42 heavy (non-hydrogen) atoms. The number of fused-ring (bicyclic) bond motifs is 1. The van der Waals surface area contributed by atoms with Gasteiger partial charge in [-0.3, -0.25) is 14.3 Å². The third-order valence-corrected chi connectivity index (χ3v) is 8.82. The highest BCUT2D eigenvalue weighted by molar-refractivity contribution is 6.39. The van der Waals surface area contributed by atoms with Crippen molar-refractivity contribution in [1.29, 1.82) is 0 Å². The van der Waals surface area contributed by atoms with Crippen LogP contribution in [0.1, 0.15) is 50.1 Å². The third-order valence-electron chi connectivity index (χ3n) is 8.23. The van der Waals surface area contributed by atoms with E-state index in [0.29, 0.717) is 41.6 Å². The molecule has 4 N–H and O–H groups in total. The second-order valence-electron chi connectivity index (χ2n) is 11.2. The molecule has 1 saturated carbocycles. The Morgan fingerprint density at radius 2 is 1.79 bits per heavy atom. The molecular weight excluding hydrogens is 578 g/mol. The lowest BCUT2D eigenvalue weighted by Crippen LogP contribution is -2.41. The zero-order valence-corrected chi connectivity index (χ0v) is 24.6. The minimum atomic E-state index is -0.527. The number of hydrogen-bond acceptors (Lipinski definition) is 7. The molecule has 0 radical (unpaired) electrons. The van der Waals surface area contributed by atoms with Crippen LogP contribution in [0.2, 0.25) is 10.0 Å². The summed E-state index contributed by atoms with van der Waals surface area (Å²) in [6.45, 7) is 2.85. The third kappa shape index (κ3) is 6.30. The first-order valence-electron chi connectivity index (χ1n) is 14.3. The second-order valence-corrected chi connectivity index (χ2v) is 12.0. The number of amides is 1. The highest BCUT2D eigenvalue weighted by Crippen LogP contribution is 2.39. The topological polar surface area (TPSA) is 114 Å². The molecule has 2 aliphatic rings. The van der Waals surface area contributed by atoms with E-state index in [1.807, 2.05) is 10.6 Å². The fourth-order valence-electron chi connectivity index (χ4n) is 6.13. The molecule has 0 spiro atoms. The van der Waals surface area contributed by atoms with Crippen LogP contribution in [0, 0.1) is 11.7 Å². The second kappa shape index (κ2) is 12.4. The van der Waals surface area contributed by atoms with Crippen LogP contribution >= 0.6 is 23.2 Å². The van der Waals surface area contributed by atoms with Gasteiger partial charge >= 0.3 is 0 Å². The molecule has 1 aliphatic carbocycles. The largest absolute Gasteiger partial charge is 0.369 e. The number of likely N-dealkylation sites (tertiary alicyclic amines) is 1. The highest BCUT2D eigenvalue weighted by atomic mass is 35.5. The number of imidazole rings is 1. The standard InChI is InChI=1S/C30H33Cl2FN8O/c31-23-13-20(33)14-24(32)26(23)38-30-37-25-15-35-29(39-28(25)41(30)22-10-8-19(9-11-22)27(34)42)36-21-7-4-12-40(17-21)16-18-5-2-1-3-6-18/h1-3,5-6,13-15,19,21-22H,4,7-12,16-17H2,(H2,34,42)(H,37,38)(H,35,36,39)/t19?,21-,22?/m1/s1. The van der Waals surface area contributed by atoms with Crippen molar-refractivity contribution < 1.29 is 9.18 Å². The highest BCUT2D eigenvalue weighted by Gasteiger charge is 2.30. The molecule has 1 aliphatic heterocycles. The van der Waals surface area contributed by atoms with Crippen molar-refractivity contribution in [1.82, 2.24) is 24.4 Å². The van der Waals surface area contributed by atoms with Gasteiger partial charge in [0.15, 0.2) is 5.65 Å². The van der Waals surface area contributed by atoms with Gasteiger partial charge in [-0.2, -0.15) is 4.98 Å². The molecule has 2 fully saturated rings. The molecule has 3 heterocycles. The first-order chi connectivity index (χ1) is 20.3. The maximum atomic E-state index is 13.9. The molecule has 2 aromatic heterocycles. The first kappa shape index (κ1) is 28.6. The summed E-state index contributed by atoms with van der Waals surface area (Å²) in [5.74, 6) is 0.0622. The minimum absolute atomic E-state index is 0.00453. The van der Waals surface area contributed by atoms with Crippen molar-refractivity contribution in [3.8, 4) is 0 Å². The maximum Gasteiger partial charge on any atom is 0.225 e. The Bertz CT molecular complexity index is 1550. The average molecular weight is 612 g/mol. The molecule has 0 unspecified atom stereocenters. The Morgan fingerprint density at radius 1 is 1.05 bits per heavy atom. The van der Waals surface area contributed by atoms with Gasteiger partial charge in [0.05, 0.1) is 21.9 Å². The van der Waals surface area contributed by atoms with E-state index in [9.17, 15) is 9.18 Å². The van der Waals surface area contributed by atoms with Crippen LogP contribution in [0.5, 0.6) is 0 Å². The van der Waals surface area contributed by atoms with Crippen LogP contribution < -0.4 is 16.4 Å². The number of benzene rings is 2. The van der Waals surface area contributed by atoms with Gasteiger partial charge in [0.2, 0.25) is 17.8 Å². The summed E-state index contributed by atoms with van der Waals surface area (Å²) in [6, 6.07) is 13.1. The van der Waals surface area contributed by atoms with Crippen LogP contribution in [-0.2, 0) is 11.3 Å². The van der Waals surface area contributed by atoms with Crippen LogP contribution in [0.25, 0.3) is 11.2 Å².